The third kappa shape index (κ3) is 4.54. The molecule has 2 aromatic rings. The lowest BCUT2D eigenvalue weighted by Crippen LogP contribution is -2.31. The number of rotatable bonds is 6. The molecular weight excluding hydrogens is 298 g/mol. The number of aryl methyl sites for hydroxylation is 1. The summed E-state index contributed by atoms with van der Waals surface area (Å²) < 4.78 is 5.43. The molecule has 0 aliphatic heterocycles. The highest BCUT2D eigenvalue weighted by Crippen LogP contribution is 2.17. The van der Waals surface area contributed by atoms with Crippen LogP contribution in [0.1, 0.15) is 23.2 Å². The zero-order chi connectivity index (χ0) is 15.9. The van der Waals surface area contributed by atoms with Crippen LogP contribution in [0.25, 0.3) is 0 Å². The van der Waals surface area contributed by atoms with Crippen LogP contribution in [0.4, 0.5) is 10.5 Å². The third-order valence-corrected chi connectivity index (χ3v) is 3.96. The Morgan fingerprint density at radius 3 is 2.86 bits per heavy atom. The second-order valence-electron chi connectivity index (χ2n) is 4.94. The SMILES string of the molecule is CCOCc1ccccc1NC(=O)N(C)Cc1csc(C)n1. The van der Waals surface area contributed by atoms with Crippen molar-refractivity contribution in [1.82, 2.24) is 9.88 Å². The number of aromatic nitrogens is 1. The number of benzene rings is 1. The molecule has 5 nitrogen and oxygen atoms in total. The van der Waals surface area contributed by atoms with Gasteiger partial charge in [-0.2, -0.15) is 0 Å². The number of thiazole rings is 1. The molecule has 0 aliphatic rings. The Morgan fingerprint density at radius 1 is 1.41 bits per heavy atom. The maximum absolute atomic E-state index is 12.3. The molecule has 0 saturated heterocycles. The van der Waals surface area contributed by atoms with Gasteiger partial charge in [-0.05, 0) is 19.9 Å². The number of para-hydroxylation sites is 1. The molecule has 2 amide bonds. The van der Waals surface area contributed by atoms with Gasteiger partial charge in [-0.3, -0.25) is 0 Å². The molecule has 0 radical (unpaired) electrons. The standard InChI is InChI=1S/C16H21N3O2S/c1-4-21-10-13-7-5-6-8-15(13)18-16(20)19(3)9-14-11-22-12(2)17-14/h5-8,11H,4,9-10H2,1-3H3,(H,18,20). The van der Waals surface area contributed by atoms with Crippen molar-refractivity contribution in [2.24, 2.45) is 0 Å². The van der Waals surface area contributed by atoms with E-state index in [1.165, 1.54) is 0 Å². The van der Waals surface area contributed by atoms with Crippen molar-refractivity contribution in [3.63, 3.8) is 0 Å². The molecule has 1 N–H and O–H groups in total. The number of urea groups is 1. The van der Waals surface area contributed by atoms with Crippen LogP contribution in [0.2, 0.25) is 0 Å². The fourth-order valence-corrected chi connectivity index (χ4v) is 2.59. The summed E-state index contributed by atoms with van der Waals surface area (Å²) >= 11 is 1.59. The first kappa shape index (κ1) is 16.5. The van der Waals surface area contributed by atoms with E-state index in [-0.39, 0.29) is 6.03 Å². The molecule has 6 heteroatoms. The Balaban J connectivity index is 1.98. The Labute approximate surface area is 134 Å². The molecule has 0 atom stereocenters. The number of amides is 2. The number of ether oxygens (including phenoxy) is 1. The normalized spacial score (nSPS) is 10.5. The van der Waals surface area contributed by atoms with Gasteiger partial charge in [-0.15, -0.1) is 11.3 Å². The smallest absolute Gasteiger partial charge is 0.321 e. The Morgan fingerprint density at radius 2 is 2.18 bits per heavy atom. The van der Waals surface area contributed by atoms with Crippen molar-refractivity contribution in [2.45, 2.75) is 27.0 Å². The number of anilines is 1. The van der Waals surface area contributed by atoms with Gasteiger partial charge in [0.15, 0.2) is 0 Å². The minimum Gasteiger partial charge on any atom is -0.377 e. The second kappa shape index (κ2) is 7.91. The van der Waals surface area contributed by atoms with E-state index in [4.69, 9.17) is 4.74 Å². The molecule has 2 rings (SSSR count). The molecule has 0 unspecified atom stereocenters. The predicted octanol–water partition coefficient (Wildman–Crippen LogP) is 3.65. The van der Waals surface area contributed by atoms with E-state index in [1.807, 2.05) is 43.5 Å². The van der Waals surface area contributed by atoms with Crippen LogP contribution in [-0.4, -0.2) is 29.6 Å². The molecule has 0 fully saturated rings. The van der Waals surface area contributed by atoms with E-state index in [2.05, 4.69) is 10.3 Å². The van der Waals surface area contributed by atoms with Crippen LogP contribution < -0.4 is 5.32 Å². The van der Waals surface area contributed by atoms with E-state index >= 15 is 0 Å². The number of carbonyl (C=O) groups is 1. The van der Waals surface area contributed by atoms with E-state index in [0.29, 0.717) is 19.8 Å². The molecule has 118 valence electrons. The number of hydrogen-bond donors (Lipinski definition) is 1. The number of nitrogens with zero attached hydrogens (tertiary/aromatic N) is 2. The lowest BCUT2D eigenvalue weighted by atomic mass is 10.2. The number of hydrogen-bond acceptors (Lipinski definition) is 4. The maximum Gasteiger partial charge on any atom is 0.321 e. The fourth-order valence-electron chi connectivity index (χ4n) is 1.99. The molecule has 0 bridgehead atoms. The van der Waals surface area contributed by atoms with Crippen LogP contribution in [0.3, 0.4) is 0 Å². The van der Waals surface area contributed by atoms with Crippen LogP contribution in [-0.2, 0) is 17.9 Å². The minimum atomic E-state index is -0.158. The van der Waals surface area contributed by atoms with E-state index < -0.39 is 0 Å². The Bertz CT molecular complexity index is 627. The third-order valence-electron chi connectivity index (χ3n) is 3.13. The summed E-state index contributed by atoms with van der Waals surface area (Å²) in [6.07, 6.45) is 0. The van der Waals surface area contributed by atoms with Gasteiger partial charge >= 0.3 is 6.03 Å². The molecular formula is C16H21N3O2S. The summed E-state index contributed by atoms with van der Waals surface area (Å²) in [6, 6.07) is 7.51. The first-order valence-electron chi connectivity index (χ1n) is 7.19. The molecule has 0 spiro atoms. The molecule has 22 heavy (non-hydrogen) atoms. The fraction of sp³-hybridized carbons (Fsp3) is 0.375. The largest absolute Gasteiger partial charge is 0.377 e. The highest BCUT2D eigenvalue weighted by Gasteiger charge is 2.12. The minimum absolute atomic E-state index is 0.158. The highest BCUT2D eigenvalue weighted by molar-refractivity contribution is 7.09. The quantitative estimate of drug-likeness (QED) is 0.884. The molecule has 0 aliphatic carbocycles. The van der Waals surface area contributed by atoms with Gasteiger partial charge in [-0.25, -0.2) is 9.78 Å². The van der Waals surface area contributed by atoms with E-state index in [0.717, 1.165) is 22.0 Å². The summed E-state index contributed by atoms with van der Waals surface area (Å²) in [7, 11) is 1.76. The van der Waals surface area contributed by atoms with Crippen molar-refractivity contribution in [3.8, 4) is 0 Å². The topological polar surface area (TPSA) is 54.5 Å². The zero-order valence-electron chi connectivity index (χ0n) is 13.1. The lowest BCUT2D eigenvalue weighted by Gasteiger charge is -2.18. The average Bonchev–Trinajstić information content (AvgIpc) is 2.91. The lowest BCUT2D eigenvalue weighted by molar-refractivity contribution is 0.134. The van der Waals surface area contributed by atoms with Gasteiger partial charge in [0.05, 0.1) is 23.9 Å². The Kier molecular flexibility index (Phi) is 5.91. The monoisotopic (exact) mass is 319 g/mol. The van der Waals surface area contributed by atoms with Crippen LogP contribution in [0, 0.1) is 6.92 Å². The summed E-state index contributed by atoms with van der Waals surface area (Å²) in [5.74, 6) is 0. The zero-order valence-corrected chi connectivity index (χ0v) is 13.9. The maximum atomic E-state index is 12.3. The van der Waals surface area contributed by atoms with Gasteiger partial charge in [0, 0.05) is 30.3 Å². The van der Waals surface area contributed by atoms with Crippen molar-refractivity contribution >= 4 is 23.1 Å². The number of nitrogens with one attached hydrogen (secondary N) is 1. The van der Waals surface area contributed by atoms with Gasteiger partial charge in [-0.1, -0.05) is 18.2 Å². The summed E-state index contributed by atoms with van der Waals surface area (Å²) in [4.78, 5) is 18.3. The summed E-state index contributed by atoms with van der Waals surface area (Å²) in [5, 5.41) is 5.91. The van der Waals surface area contributed by atoms with Crippen molar-refractivity contribution in [2.75, 3.05) is 19.0 Å². The second-order valence-corrected chi connectivity index (χ2v) is 6.00. The number of carbonyl (C=O) groups excluding carboxylic acids is 1. The highest BCUT2D eigenvalue weighted by atomic mass is 32.1. The molecule has 1 aromatic carbocycles. The van der Waals surface area contributed by atoms with E-state index in [1.54, 1.807) is 23.3 Å². The summed E-state index contributed by atoms with van der Waals surface area (Å²) in [6.45, 7) is 5.53. The van der Waals surface area contributed by atoms with Gasteiger partial charge in [0.25, 0.3) is 0 Å². The first-order valence-corrected chi connectivity index (χ1v) is 8.07. The van der Waals surface area contributed by atoms with Gasteiger partial charge < -0.3 is 15.0 Å². The molecule has 0 saturated carbocycles. The van der Waals surface area contributed by atoms with Crippen LogP contribution in [0.5, 0.6) is 0 Å². The predicted molar refractivity (Wildman–Crippen MR) is 89.1 cm³/mol. The van der Waals surface area contributed by atoms with Crippen LogP contribution in [0.15, 0.2) is 29.6 Å². The molecule has 1 aromatic heterocycles. The van der Waals surface area contributed by atoms with E-state index in [9.17, 15) is 4.79 Å². The van der Waals surface area contributed by atoms with Crippen molar-refractivity contribution in [3.05, 3.63) is 45.9 Å². The van der Waals surface area contributed by atoms with Gasteiger partial charge in [0.2, 0.25) is 0 Å². The van der Waals surface area contributed by atoms with Gasteiger partial charge in [0.1, 0.15) is 0 Å². The average molecular weight is 319 g/mol. The van der Waals surface area contributed by atoms with Crippen molar-refractivity contribution < 1.29 is 9.53 Å². The first-order chi connectivity index (χ1) is 10.6. The summed E-state index contributed by atoms with van der Waals surface area (Å²) in [5.41, 5.74) is 2.65. The van der Waals surface area contributed by atoms with Crippen LogP contribution >= 0.6 is 11.3 Å². The molecule has 1 heterocycles. The Hall–Kier alpha value is -1.92. The van der Waals surface area contributed by atoms with Crippen molar-refractivity contribution in [1.29, 1.82) is 0 Å².